The lowest BCUT2D eigenvalue weighted by Gasteiger charge is -2.28. The highest BCUT2D eigenvalue weighted by Gasteiger charge is 2.38. The van der Waals surface area contributed by atoms with Gasteiger partial charge in [0.05, 0.1) is 31.9 Å². The van der Waals surface area contributed by atoms with Gasteiger partial charge in [0, 0.05) is 36.5 Å². The fraction of sp³-hybridized carbons (Fsp3) is 0.429. The summed E-state index contributed by atoms with van der Waals surface area (Å²) in [5.74, 6) is 0.262. The molecule has 2 aliphatic heterocycles. The first kappa shape index (κ1) is 21.1. The molecule has 3 heterocycles. The molecule has 1 aromatic heterocycles. The molecule has 4 rings (SSSR count). The van der Waals surface area contributed by atoms with Gasteiger partial charge in [-0.15, -0.1) is 0 Å². The number of rotatable bonds is 5. The molecular weight excluding hydrogens is 420 g/mol. The number of fused-ring (bicyclic) bond motifs is 1. The van der Waals surface area contributed by atoms with E-state index in [2.05, 4.69) is 10.3 Å². The van der Waals surface area contributed by atoms with Gasteiger partial charge in [-0.25, -0.2) is 9.78 Å². The van der Waals surface area contributed by atoms with Crippen molar-refractivity contribution in [3.8, 4) is 5.75 Å². The number of aromatic nitrogens is 1. The van der Waals surface area contributed by atoms with Crippen LogP contribution in [0.5, 0.6) is 5.75 Å². The molecule has 10 heteroatoms. The van der Waals surface area contributed by atoms with E-state index in [9.17, 15) is 14.4 Å². The molecule has 31 heavy (non-hydrogen) atoms. The van der Waals surface area contributed by atoms with Gasteiger partial charge in [-0.3, -0.25) is 14.9 Å². The number of hydrogen-bond acceptors (Lipinski definition) is 7. The Morgan fingerprint density at radius 2 is 2.06 bits per heavy atom. The van der Waals surface area contributed by atoms with Gasteiger partial charge in [0.2, 0.25) is 11.8 Å². The molecule has 1 aromatic carbocycles. The first-order valence-electron chi connectivity index (χ1n) is 10.1. The Labute approximate surface area is 183 Å². The molecule has 1 fully saturated rings. The summed E-state index contributed by atoms with van der Waals surface area (Å²) in [6.45, 7) is 3.36. The molecule has 2 aliphatic rings. The van der Waals surface area contributed by atoms with Gasteiger partial charge >= 0.3 is 6.09 Å². The first-order valence-corrected chi connectivity index (χ1v) is 11.0. The summed E-state index contributed by atoms with van der Waals surface area (Å²) in [5.41, 5.74) is 1.65. The molecular formula is C21H24N4O5S. The summed E-state index contributed by atoms with van der Waals surface area (Å²) in [4.78, 5) is 46.1. The number of anilines is 2. The van der Waals surface area contributed by atoms with Crippen LogP contribution in [0.4, 0.5) is 15.6 Å². The Bertz CT molecular complexity index is 990. The van der Waals surface area contributed by atoms with Gasteiger partial charge in [0.25, 0.3) is 0 Å². The Kier molecular flexibility index (Phi) is 6.08. The van der Waals surface area contributed by atoms with Crippen molar-refractivity contribution < 1.29 is 23.9 Å². The number of benzene rings is 1. The molecule has 164 valence electrons. The summed E-state index contributed by atoms with van der Waals surface area (Å²) in [5, 5.41) is 3.09. The fourth-order valence-electron chi connectivity index (χ4n) is 3.83. The van der Waals surface area contributed by atoms with Crippen molar-refractivity contribution in [3.63, 3.8) is 0 Å². The van der Waals surface area contributed by atoms with Crippen molar-refractivity contribution in [1.29, 1.82) is 0 Å². The van der Waals surface area contributed by atoms with E-state index in [-0.39, 0.29) is 30.8 Å². The van der Waals surface area contributed by atoms with Crippen molar-refractivity contribution in [2.24, 2.45) is 5.92 Å². The van der Waals surface area contributed by atoms with Gasteiger partial charge in [-0.1, -0.05) is 11.3 Å². The third-order valence-corrected chi connectivity index (χ3v) is 6.38. The predicted molar refractivity (Wildman–Crippen MR) is 115 cm³/mol. The average molecular weight is 445 g/mol. The Morgan fingerprint density at radius 3 is 2.77 bits per heavy atom. The third-order valence-electron chi connectivity index (χ3n) is 5.39. The second-order valence-electron chi connectivity index (χ2n) is 7.35. The van der Waals surface area contributed by atoms with E-state index in [1.807, 2.05) is 12.1 Å². The number of carbonyl (C=O) groups excluding carboxylic acids is 3. The number of methoxy groups -OCH3 is 1. The molecule has 0 aliphatic carbocycles. The van der Waals surface area contributed by atoms with Gasteiger partial charge in [-0.2, -0.15) is 0 Å². The van der Waals surface area contributed by atoms with Gasteiger partial charge < -0.3 is 19.3 Å². The standard InChI is InChI=1S/C21H24N4O5S/c1-3-30-21(28)23-20-22-16-8-9-24(12-17(16)31-20)19(27)13-10-18(26)25(11-13)14-4-6-15(29-2)7-5-14/h4-7,13H,3,8-12H2,1-2H3,(H,22,23,28). The number of ether oxygens (including phenoxy) is 2. The quantitative estimate of drug-likeness (QED) is 0.761. The molecule has 0 saturated carbocycles. The maximum absolute atomic E-state index is 13.1. The molecule has 1 unspecified atom stereocenters. The zero-order chi connectivity index (χ0) is 22.0. The van der Waals surface area contributed by atoms with Crippen LogP contribution in [0.15, 0.2) is 24.3 Å². The number of amides is 3. The molecule has 2 aromatic rings. The summed E-state index contributed by atoms with van der Waals surface area (Å²) in [6, 6.07) is 7.25. The lowest BCUT2D eigenvalue weighted by Crippen LogP contribution is -2.40. The SMILES string of the molecule is CCOC(=O)Nc1nc2c(s1)CN(C(=O)C1CC(=O)N(c3ccc(OC)cc3)C1)CC2. The smallest absolute Gasteiger partial charge is 0.413 e. The minimum atomic E-state index is -0.537. The van der Waals surface area contributed by atoms with Crippen LogP contribution in [-0.4, -0.2) is 54.6 Å². The highest BCUT2D eigenvalue weighted by molar-refractivity contribution is 7.15. The molecule has 0 radical (unpaired) electrons. The number of hydrogen-bond donors (Lipinski definition) is 1. The fourth-order valence-corrected chi connectivity index (χ4v) is 4.84. The van der Waals surface area contributed by atoms with Gasteiger partial charge in [0.15, 0.2) is 5.13 Å². The maximum atomic E-state index is 13.1. The van der Waals surface area contributed by atoms with Crippen LogP contribution in [0.25, 0.3) is 0 Å². The molecule has 3 amide bonds. The number of carbonyl (C=O) groups is 3. The maximum Gasteiger partial charge on any atom is 0.413 e. The lowest BCUT2D eigenvalue weighted by atomic mass is 10.1. The molecule has 1 saturated heterocycles. The van der Waals surface area contributed by atoms with Crippen LogP contribution < -0.4 is 15.0 Å². The van der Waals surface area contributed by atoms with Crippen molar-refractivity contribution in [3.05, 3.63) is 34.8 Å². The average Bonchev–Trinajstić information content (AvgIpc) is 3.35. The summed E-state index contributed by atoms with van der Waals surface area (Å²) < 4.78 is 10.0. The molecule has 0 spiro atoms. The first-order chi connectivity index (χ1) is 15.0. The topological polar surface area (TPSA) is 101 Å². The minimum absolute atomic E-state index is 0.0247. The zero-order valence-electron chi connectivity index (χ0n) is 17.4. The second-order valence-corrected chi connectivity index (χ2v) is 8.43. The highest BCUT2D eigenvalue weighted by atomic mass is 32.1. The van der Waals surface area contributed by atoms with E-state index in [1.54, 1.807) is 36.0 Å². The van der Waals surface area contributed by atoms with Crippen LogP contribution in [0.1, 0.15) is 23.9 Å². The Hall–Kier alpha value is -3.14. The third kappa shape index (κ3) is 4.48. The van der Waals surface area contributed by atoms with Crippen LogP contribution in [-0.2, 0) is 27.3 Å². The van der Waals surface area contributed by atoms with E-state index in [4.69, 9.17) is 9.47 Å². The number of thiazole rings is 1. The molecule has 0 bridgehead atoms. The normalized spacial score (nSPS) is 18.0. The second kappa shape index (κ2) is 8.93. The monoisotopic (exact) mass is 444 g/mol. The predicted octanol–water partition coefficient (Wildman–Crippen LogP) is 2.66. The Morgan fingerprint density at radius 1 is 1.29 bits per heavy atom. The van der Waals surface area contributed by atoms with Crippen LogP contribution in [0.3, 0.4) is 0 Å². The molecule has 9 nitrogen and oxygen atoms in total. The van der Waals surface area contributed by atoms with Crippen LogP contribution in [0.2, 0.25) is 0 Å². The van der Waals surface area contributed by atoms with E-state index in [1.165, 1.54) is 11.3 Å². The Balaban J connectivity index is 1.39. The summed E-state index contributed by atoms with van der Waals surface area (Å²) >= 11 is 1.35. The summed E-state index contributed by atoms with van der Waals surface area (Å²) in [7, 11) is 1.59. The van der Waals surface area contributed by atoms with Crippen LogP contribution in [0, 0.1) is 5.92 Å². The van der Waals surface area contributed by atoms with Gasteiger partial charge in [0.1, 0.15) is 5.75 Å². The van der Waals surface area contributed by atoms with E-state index < -0.39 is 6.09 Å². The number of nitrogens with zero attached hydrogens (tertiary/aromatic N) is 3. The zero-order valence-corrected chi connectivity index (χ0v) is 18.2. The van der Waals surface area contributed by atoms with E-state index in [0.717, 1.165) is 16.3 Å². The highest BCUT2D eigenvalue weighted by Crippen LogP contribution is 2.32. The van der Waals surface area contributed by atoms with E-state index in [0.29, 0.717) is 36.9 Å². The van der Waals surface area contributed by atoms with Crippen molar-refractivity contribution in [1.82, 2.24) is 9.88 Å². The minimum Gasteiger partial charge on any atom is -0.497 e. The largest absolute Gasteiger partial charge is 0.497 e. The van der Waals surface area contributed by atoms with Crippen molar-refractivity contribution in [2.75, 3.05) is 37.0 Å². The molecule has 1 atom stereocenters. The van der Waals surface area contributed by atoms with Crippen LogP contribution >= 0.6 is 11.3 Å². The number of nitrogens with one attached hydrogen (secondary N) is 1. The van der Waals surface area contributed by atoms with E-state index >= 15 is 0 Å². The van der Waals surface area contributed by atoms with Crippen molar-refractivity contribution >= 4 is 40.1 Å². The molecule has 1 N–H and O–H groups in total. The summed E-state index contributed by atoms with van der Waals surface area (Å²) in [6.07, 6.45) is 0.280. The lowest BCUT2D eigenvalue weighted by molar-refractivity contribution is -0.136. The van der Waals surface area contributed by atoms with Crippen molar-refractivity contribution in [2.45, 2.75) is 26.3 Å². The van der Waals surface area contributed by atoms with Gasteiger partial charge in [-0.05, 0) is 31.2 Å².